The number of pyridine rings is 2. The summed E-state index contributed by atoms with van der Waals surface area (Å²) in [6.07, 6.45) is 4.73. The molecule has 4 nitrogen and oxygen atoms in total. The molecule has 1 unspecified atom stereocenters. The highest BCUT2D eigenvalue weighted by molar-refractivity contribution is 5.92. The maximum atomic E-state index is 14.7. The first kappa shape index (κ1) is 21.8. The number of nitrogens with zero attached hydrogens (tertiary/aromatic N) is 2. The summed E-state index contributed by atoms with van der Waals surface area (Å²) in [7, 11) is 0. The number of carbonyl (C=O) groups is 1. The van der Waals surface area contributed by atoms with E-state index in [9.17, 15) is 14.3 Å². The van der Waals surface area contributed by atoms with Gasteiger partial charge in [-0.25, -0.2) is 9.37 Å². The molecule has 5 heteroatoms. The third kappa shape index (κ3) is 4.89. The van der Waals surface area contributed by atoms with Crippen LogP contribution in [0.1, 0.15) is 31.7 Å². The summed E-state index contributed by atoms with van der Waals surface area (Å²) in [5.41, 5.74) is 4.36. The van der Waals surface area contributed by atoms with Crippen LogP contribution in [0.15, 0.2) is 73.1 Å². The molecule has 2 heterocycles. The largest absolute Gasteiger partial charge is 0.393 e. The first-order chi connectivity index (χ1) is 15.5. The Morgan fingerprint density at radius 1 is 1.03 bits per heavy atom. The van der Waals surface area contributed by atoms with Crippen LogP contribution in [0.2, 0.25) is 0 Å². The fourth-order valence-corrected chi connectivity index (χ4v) is 3.80. The average molecular weight is 429 g/mol. The van der Waals surface area contributed by atoms with Crippen molar-refractivity contribution in [3.63, 3.8) is 0 Å². The Hall–Kier alpha value is -3.44. The second-order valence-electron chi connectivity index (χ2n) is 7.94. The zero-order valence-electron chi connectivity index (χ0n) is 18.0. The molecule has 0 aliphatic heterocycles. The van der Waals surface area contributed by atoms with Crippen LogP contribution in [0.25, 0.3) is 33.3 Å². The molecule has 0 aliphatic rings. The molecule has 162 valence electrons. The van der Waals surface area contributed by atoms with Gasteiger partial charge in [0.1, 0.15) is 11.6 Å². The van der Waals surface area contributed by atoms with Crippen molar-refractivity contribution in [2.75, 3.05) is 0 Å². The van der Waals surface area contributed by atoms with E-state index in [0.717, 1.165) is 22.0 Å². The van der Waals surface area contributed by atoms with Crippen molar-refractivity contribution in [1.82, 2.24) is 9.97 Å². The predicted octanol–water partition coefficient (Wildman–Crippen LogP) is 5.77. The van der Waals surface area contributed by atoms with E-state index in [2.05, 4.69) is 4.98 Å². The number of rotatable bonds is 8. The first-order valence-corrected chi connectivity index (χ1v) is 10.8. The number of Topliss-reactive ketones (excluding diaryl/α,β-unsaturated/α-hetero) is 1. The molecule has 2 aromatic carbocycles. The molecule has 0 radical (unpaired) electrons. The van der Waals surface area contributed by atoms with Crippen LogP contribution in [-0.2, 0) is 11.2 Å². The Morgan fingerprint density at radius 2 is 1.81 bits per heavy atom. The van der Waals surface area contributed by atoms with Gasteiger partial charge in [0, 0.05) is 47.3 Å². The fraction of sp³-hybridized carbons (Fsp3) is 0.222. The summed E-state index contributed by atoms with van der Waals surface area (Å²) < 4.78 is 14.7. The lowest BCUT2D eigenvalue weighted by Gasteiger charge is -2.13. The number of carbonyl (C=O) groups excluding carboxylic acids is 1. The van der Waals surface area contributed by atoms with Gasteiger partial charge in [0.25, 0.3) is 0 Å². The second-order valence-corrected chi connectivity index (χ2v) is 7.94. The highest BCUT2D eigenvalue weighted by Gasteiger charge is 2.15. The van der Waals surface area contributed by atoms with Crippen LogP contribution in [0.5, 0.6) is 0 Å². The van der Waals surface area contributed by atoms with E-state index < -0.39 is 6.10 Å². The molecule has 0 spiro atoms. The van der Waals surface area contributed by atoms with Gasteiger partial charge in [-0.15, -0.1) is 0 Å². The van der Waals surface area contributed by atoms with Crippen LogP contribution < -0.4 is 0 Å². The van der Waals surface area contributed by atoms with Gasteiger partial charge in [-0.1, -0.05) is 31.2 Å². The molecule has 1 N–H and O–H groups in total. The summed E-state index contributed by atoms with van der Waals surface area (Å²) in [6.45, 7) is 1.90. The molecular weight excluding hydrogens is 403 g/mol. The molecule has 0 amide bonds. The maximum Gasteiger partial charge on any atom is 0.137 e. The average Bonchev–Trinajstić information content (AvgIpc) is 2.82. The maximum absolute atomic E-state index is 14.7. The van der Waals surface area contributed by atoms with Crippen LogP contribution in [0, 0.1) is 5.82 Å². The van der Waals surface area contributed by atoms with E-state index in [0.29, 0.717) is 42.5 Å². The molecule has 2 aromatic heterocycles. The zero-order chi connectivity index (χ0) is 22.5. The predicted molar refractivity (Wildman–Crippen MR) is 125 cm³/mol. The van der Waals surface area contributed by atoms with Crippen molar-refractivity contribution < 1.29 is 14.3 Å². The number of aromatic nitrogens is 2. The van der Waals surface area contributed by atoms with Gasteiger partial charge in [-0.05, 0) is 54.8 Å². The minimum atomic E-state index is -0.435. The highest BCUT2D eigenvalue weighted by atomic mass is 19.1. The smallest absolute Gasteiger partial charge is 0.137 e. The third-order valence-electron chi connectivity index (χ3n) is 5.63. The Morgan fingerprint density at radius 3 is 2.56 bits per heavy atom. The minimum absolute atomic E-state index is 0.0903. The minimum Gasteiger partial charge on any atom is -0.393 e. The number of halogens is 1. The summed E-state index contributed by atoms with van der Waals surface area (Å²) in [5, 5.41) is 10.5. The van der Waals surface area contributed by atoms with Crippen molar-refractivity contribution in [3.8, 4) is 22.4 Å². The van der Waals surface area contributed by atoms with Crippen LogP contribution in [-0.4, -0.2) is 27.0 Å². The standard InChI is InChI=1S/C27H25FN2O2/c1-2-21(31)8-9-22(32)16-18-7-10-26-20(15-18)17-24(23-5-3-4-6-25(23)28)27(30-26)19-11-13-29-14-12-19/h3-7,10-15,17,21,31H,2,8-9,16H2,1H3. The molecule has 32 heavy (non-hydrogen) atoms. The van der Waals surface area contributed by atoms with Gasteiger partial charge in [-0.2, -0.15) is 0 Å². The van der Waals surface area contributed by atoms with Crippen molar-refractivity contribution in [3.05, 3.63) is 84.4 Å². The highest BCUT2D eigenvalue weighted by Crippen LogP contribution is 2.34. The van der Waals surface area contributed by atoms with E-state index in [1.165, 1.54) is 6.07 Å². The number of hydrogen-bond donors (Lipinski definition) is 1. The number of aliphatic hydroxyl groups excluding tert-OH is 1. The Balaban J connectivity index is 1.74. The van der Waals surface area contributed by atoms with Gasteiger partial charge >= 0.3 is 0 Å². The second kappa shape index (κ2) is 9.79. The van der Waals surface area contributed by atoms with Crippen molar-refractivity contribution >= 4 is 16.7 Å². The Labute approximate surface area is 186 Å². The zero-order valence-corrected chi connectivity index (χ0v) is 18.0. The summed E-state index contributed by atoms with van der Waals surface area (Å²) in [4.78, 5) is 21.3. The number of hydrogen-bond acceptors (Lipinski definition) is 4. The van der Waals surface area contributed by atoms with Crippen molar-refractivity contribution in [2.24, 2.45) is 0 Å². The Bertz CT molecular complexity index is 1240. The van der Waals surface area contributed by atoms with Crippen LogP contribution in [0.4, 0.5) is 4.39 Å². The lowest BCUT2D eigenvalue weighted by atomic mass is 9.96. The van der Waals surface area contributed by atoms with Crippen LogP contribution >= 0.6 is 0 Å². The molecule has 0 fully saturated rings. The lowest BCUT2D eigenvalue weighted by molar-refractivity contribution is -0.119. The fourth-order valence-electron chi connectivity index (χ4n) is 3.80. The SMILES string of the molecule is CCC(O)CCC(=O)Cc1ccc2nc(-c3ccncc3)c(-c3ccccc3F)cc2c1. The van der Waals surface area contributed by atoms with E-state index in [-0.39, 0.29) is 11.6 Å². The van der Waals surface area contributed by atoms with Gasteiger partial charge in [0.2, 0.25) is 0 Å². The van der Waals surface area contributed by atoms with Crippen molar-refractivity contribution in [2.45, 2.75) is 38.7 Å². The van der Waals surface area contributed by atoms with Gasteiger partial charge in [-0.3, -0.25) is 9.78 Å². The Kier molecular flexibility index (Phi) is 6.66. The first-order valence-electron chi connectivity index (χ1n) is 10.8. The van der Waals surface area contributed by atoms with E-state index in [1.54, 1.807) is 30.6 Å². The summed E-state index contributed by atoms with van der Waals surface area (Å²) in [5.74, 6) is -0.225. The normalized spacial score (nSPS) is 12.1. The molecule has 1 atom stereocenters. The van der Waals surface area contributed by atoms with Gasteiger partial charge in [0.15, 0.2) is 0 Å². The van der Waals surface area contributed by atoms with Crippen LogP contribution in [0.3, 0.4) is 0 Å². The van der Waals surface area contributed by atoms with Gasteiger partial charge < -0.3 is 5.11 Å². The molecule has 4 rings (SSSR count). The lowest BCUT2D eigenvalue weighted by Crippen LogP contribution is -2.10. The summed E-state index contributed by atoms with van der Waals surface area (Å²) >= 11 is 0. The van der Waals surface area contributed by atoms with Gasteiger partial charge in [0.05, 0.1) is 17.3 Å². The monoisotopic (exact) mass is 428 g/mol. The number of benzene rings is 2. The number of fused-ring (bicyclic) bond motifs is 1. The molecule has 4 aromatic rings. The molecule has 0 aliphatic carbocycles. The van der Waals surface area contributed by atoms with Crippen molar-refractivity contribution in [1.29, 1.82) is 0 Å². The molecule has 0 saturated heterocycles. The molecular formula is C27H25FN2O2. The third-order valence-corrected chi connectivity index (χ3v) is 5.63. The van der Waals surface area contributed by atoms with E-state index >= 15 is 0 Å². The number of aliphatic hydroxyl groups is 1. The topological polar surface area (TPSA) is 63.1 Å². The van der Waals surface area contributed by atoms with E-state index in [1.807, 2.05) is 43.3 Å². The quantitative estimate of drug-likeness (QED) is 0.387. The molecule has 0 saturated carbocycles. The molecule has 0 bridgehead atoms. The van der Waals surface area contributed by atoms with E-state index in [4.69, 9.17) is 4.98 Å². The number of ketones is 1. The summed E-state index contributed by atoms with van der Waals surface area (Å²) in [6, 6.07) is 18.1.